The number of imidazole rings is 1. The zero-order chi connectivity index (χ0) is 19.5. The predicted octanol–water partition coefficient (Wildman–Crippen LogP) is 3.07. The first-order valence-corrected chi connectivity index (χ1v) is 9.54. The number of rotatable bonds is 7. The van der Waals surface area contributed by atoms with Gasteiger partial charge in [-0.3, -0.25) is 4.79 Å². The molecule has 0 aliphatic carbocycles. The Morgan fingerprint density at radius 3 is 2.93 bits per heavy atom. The fourth-order valence-corrected chi connectivity index (χ4v) is 3.70. The molecule has 6 heteroatoms. The van der Waals surface area contributed by atoms with E-state index >= 15 is 0 Å². The number of H-pyrrole nitrogens is 1. The average Bonchev–Trinajstić information content (AvgIpc) is 3.28. The fourth-order valence-electron chi connectivity index (χ4n) is 3.70. The molecule has 4 aromatic rings. The number of aromatic nitrogens is 3. The summed E-state index contributed by atoms with van der Waals surface area (Å²) in [7, 11) is 0. The van der Waals surface area contributed by atoms with Gasteiger partial charge >= 0.3 is 0 Å². The van der Waals surface area contributed by atoms with E-state index in [1.807, 2.05) is 35.0 Å². The monoisotopic (exact) mass is 376 g/mol. The highest BCUT2D eigenvalue weighted by Crippen LogP contribution is 2.21. The van der Waals surface area contributed by atoms with Crippen molar-refractivity contribution < 1.29 is 9.90 Å². The molecule has 3 N–H and O–H groups in total. The van der Waals surface area contributed by atoms with Gasteiger partial charge in [0.05, 0.1) is 11.0 Å². The molecule has 4 rings (SSSR count). The lowest BCUT2D eigenvalue weighted by Gasteiger charge is -2.09. The Morgan fingerprint density at radius 2 is 2.07 bits per heavy atom. The van der Waals surface area contributed by atoms with Gasteiger partial charge in [-0.1, -0.05) is 30.3 Å². The van der Waals surface area contributed by atoms with Crippen molar-refractivity contribution in [2.24, 2.45) is 0 Å². The van der Waals surface area contributed by atoms with Crippen LogP contribution in [-0.4, -0.2) is 32.1 Å². The predicted molar refractivity (Wildman–Crippen MR) is 110 cm³/mol. The number of aliphatic hydroxyl groups is 1. The van der Waals surface area contributed by atoms with Gasteiger partial charge in [0.25, 0.3) is 0 Å². The molecule has 144 valence electrons. The summed E-state index contributed by atoms with van der Waals surface area (Å²) >= 11 is 0. The van der Waals surface area contributed by atoms with Crippen LogP contribution in [0.2, 0.25) is 0 Å². The molecule has 0 aliphatic rings. The molecule has 2 aromatic heterocycles. The van der Waals surface area contributed by atoms with E-state index in [0.29, 0.717) is 25.3 Å². The molecule has 0 radical (unpaired) electrons. The third-order valence-corrected chi connectivity index (χ3v) is 5.16. The minimum atomic E-state index is -0.143. The number of nitrogens with one attached hydrogen (secondary N) is 2. The smallest absolute Gasteiger partial charge is 0.221 e. The lowest BCUT2D eigenvalue weighted by Crippen LogP contribution is -2.26. The lowest BCUT2D eigenvalue weighted by molar-refractivity contribution is -0.121. The van der Waals surface area contributed by atoms with Crippen LogP contribution >= 0.6 is 0 Å². The second-order valence-electron chi connectivity index (χ2n) is 6.99. The van der Waals surface area contributed by atoms with Crippen molar-refractivity contribution in [3.63, 3.8) is 0 Å². The Labute approximate surface area is 163 Å². The van der Waals surface area contributed by atoms with Crippen LogP contribution in [-0.2, 0) is 24.4 Å². The highest BCUT2D eigenvalue weighted by atomic mass is 16.3. The van der Waals surface area contributed by atoms with Crippen LogP contribution in [0.4, 0.5) is 0 Å². The normalized spacial score (nSPS) is 11.4. The number of aromatic amines is 1. The third-order valence-electron chi connectivity index (χ3n) is 5.16. The second-order valence-corrected chi connectivity index (χ2v) is 6.99. The van der Waals surface area contributed by atoms with Crippen LogP contribution in [0.15, 0.2) is 48.7 Å². The van der Waals surface area contributed by atoms with Gasteiger partial charge in [0.1, 0.15) is 12.4 Å². The summed E-state index contributed by atoms with van der Waals surface area (Å²) in [5.41, 5.74) is 5.37. The van der Waals surface area contributed by atoms with E-state index < -0.39 is 0 Å². The van der Waals surface area contributed by atoms with E-state index in [4.69, 9.17) is 0 Å². The average molecular weight is 376 g/mol. The molecule has 0 aliphatic heterocycles. The molecule has 6 nitrogen and oxygen atoms in total. The summed E-state index contributed by atoms with van der Waals surface area (Å²) in [6.45, 7) is 3.03. The van der Waals surface area contributed by atoms with Crippen molar-refractivity contribution >= 4 is 27.8 Å². The Bertz CT molecular complexity index is 1130. The Morgan fingerprint density at radius 1 is 1.21 bits per heavy atom. The van der Waals surface area contributed by atoms with Gasteiger partial charge in [-0.05, 0) is 36.6 Å². The molecule has 1 amide bonds. The number of amides is 1. The van der Waals surface area contributed by atoms with Crippen molar-refractivity contribution in [2.75, 3.05) is 6.54 Å². The van der Waals surface area contributed by atoms with Crippen molar-refractivity contribution in [1.82, 2.24) is 19.9 Å². The SMILES string of the molecule is Cc1cccc2c(CCNC(=O)CCn3c(CO)nc4ccccc43)c[nH]c12. The maximum Gasteiger partial charge on any atom is 0.221 e. The number of carbonyl (C=O) groups excluding carboxylic acids is 1. The Balaban J connectivity index is 1.35. The zero-order valence-corrected chi connectivity index (χ0v) is 15.9. The molecule has 0 atom stereocenters. The minimum Gasteiger partial charge on any atom is -0.388 e. The molecule has 2 aromatic carbocycles. The van der Waals surface area contributed by atoms with Gasteiger partial charge in [0, 0.05) is 36.6 Å². The van der Waals surface area contributed by atoms with E-state index in [1.165, 1.54) is 16.5 Å². The molecule has 0 saturated carbocycles. The molecule has 2 heterocycles. The molecule has 0 unspecified atom stereocenters. The number of aliphatic hydroxyl groups excluding tert-OH is 1. The quantitative estimate of drug-likeness (QED) is 0.464. The molecule has 0 bridgehead atoms. The standard InChI is InChI=1S/C22H24N4O2/c1-15-5-4-6-17-16(13-24-22(15)17)9-11-23-21(28)10-12-26-19-8-3-2-7-18(19)25-20(26)14-27/h2-8,13,24,27H,9-12,14H2,1H3,(H,23,28). The summed E-state index contributed by atoms with van der Waals surface area (Å²) in [6.07, 6.45) is 3.15. The van der Waals surface area contributed by atoms with Crippen LogP contribution in [0, 0.1) is 6.92 Å². The molecule has 0 fully saturated rings. The van der Waals surface area contributed by atoms with E-state index in [2.05, 4.69) is 40.4 Å². The van der Waals surface area contributed by atoms with E-state index in [-0.39, 0.29) is 12.5 Å². The number of hydrogen-bond donors (Lipinski definition) is 3. The van der Waals surface area contributed by atoms with Crippen molar-refractivity contribution in [3.05, 3.63) is 65.6 Å². The summed E-state index contributed by atoms with van der Waals surface area (Å²) in [6, 6.07) is 14.0. The largest absolute Gasteiger partial charge is 0.388 e. The molecule has 28 heavy (non-hydrogen) atoms. The summed E-state index contributed by atoms with van der Waals surface area (Å²) in [5, 5.41) is 13.8. The number of nitrogens with zero attached hydrogens (tertiary/aromatic N) is 2. The van der Waals surface area contributed by atoms with Crippen molar-refractivity contribution in [1.29, 1.82) is 0 Å². The summed E-state index contributed by atoms with van der Waals surface area (Å²) < 4.78 is 1.91. The number of benzene rings is 2. The van der Waals surface area contributed by atoms with Crippen LogP contribution in [0.1, 0.15) is 23.4 Å². The summed E-state index contributed by atoms with van der Waals surface area (Å²) in [5.74, 6) is 0.584. The second kappa shape index (κ2) is 7.86. The molecular weight excluding hydrogens is 352 g/mol. The van der Waals surface area contributed by atoms with Crippen molar-refractivity contribution in [3.8, 4) is 0 Å². The van der Waals surface area contributed by atoms with Crippen LogP contribution in [0.25, 0.3) is 21.9 Å². The first-order chi connectivity index (χ1) is 13.7. The summed E-state index contributed by atoms with van der Waals surface area (Å²) in [4.78, 5) is 20.0. The highest BCUT2D eigenvalue weighted by molar-refractivity contribution is 5.86. The van der Waals surface area contributed by atoms with Crippen molar-refractivity contribution in [2.45, 2.75) is 32.9 Å². The fraction of sp³-hybridized carbons (Fsp3) is 0.273. The van der Waals surface area contributed by atoms with Crippen LogP contribution in [0.3, 0.4) is 0 Å². The van der Waals surface area contributed by atoms with Gasteiger partial charge in [-0.15, -0.1) is 0 Å². The lowest BCUT2D eigenvalue weighted by atomic mass is 10.1. The highest BCUT2D eigenvalue weighted by Gasteiger charge is 2.11. The van der Waals surface area contributed by atoms with Gasteiger partial charge in [-0.2, -0.15) is 0 Å². The maximum absolute atomic E-state index is 12.3. The minimum absolute atomic E-state index is 0.00214. The maximum atomic E-state index is 12.3. The van der Waals surface area contributed by atoms with Gasteiger partial charge in [-0.25, -0.2) is 4.98 Å². The van der Waals surface area contributed by atoms with Crippen LogP contribution in [0.5, 0.6) is 0 Å². The third kappa shape index (κ3) is 3.51. The van der Waals surface area contributed by atoms with Crippen LogP contribution < -0.4 is 5.32 Å². The number of fused-ring (bicyclic) bond motifs is 2. The number of aryl methyl sites for hydroxylation is 2. The zero-order valence-electron chi connectivity index (χ0n) is 15.9. The number of para-hydroxylation sites is 3. The Kier molecular flexibility index (Phi) is 5.12. The van der Waals surface area contributed by atoms with E-state index in [1.54, 1.807) is 0 Å². The molecule has 0 saturated heterocycles. The topological polar surface area (TPSA) is 82.9 Å². The first kappa shape index (κ1) is 18.3. The van der Waals surface area contributed by atoms with Gasteiger partial charge in [0.15, 0.2) is 0 Å². The van der Waals surface area contributed by atoms with Gasteiger partial charge < -0.3 is 20.0 Å². The first-order valence-electron chi connectivity index (χ1n) is 9.54. The van der Waals surface area contributed by atoms with E-state index in [9.17, 15) is 9.90 Å². The molecular formula is C22H24N4O2. The number of carbonyl (C=O) groups is 1. The van der Waals surface area contributed by atoms with Gasteiger partial charge in [0.2, 0.25) is 5.91 Å². The number of hydrogen-bond acceptors (Lipinski definition) is 3. The van der Waals surface area contributed by atoms with E-state index in [0.717, 1.165) is 23.0 Å². The Hall–Kier alpha value is -3.12. The molecule has 0 spiro atoms.